The van der Waals surface area contributed by atoms with Gasteiger partial charge in [0.1, 0.15) is 0 Å². The Balaban J connectivity index is 1.35. The Hall–Kier alpha value is -1.61. The molecular formula is C34H49NO2. The molecule has 1 aromatic rings. The van der Waals surface area contributed by atoms with Crippen LogP contribution >= 0.6 is 0 Å². The molecule has 0 amide bonds. The van der Waals surface area contributed by atoms with Crippen LogP contribution in [-0.2, 0) is 0 Å². The molecule has 5 aliphatic rings. The molecule has 0 heterocycles. The number of hydrogen-bond donors (Lipinski definition) is 2. The normalized spacial score (nSPS) is 46.2. The molecule has 6 rings (SSSR count). The first-order valence-corrected chi connectivity index (χ1v) is 15.2. The number of allylic oxidation sites excluding steroid dienone is 2. The lowest BCUT2D eigenvalue weighted by atomic mass is 9.32. The van der Waals surface area contributed by atoms with E-state index >= 15 is 0 Å². The fourth-order valence-corrected chi connectivity index (χ4v) is 11.9. The van der Waals surface area contributed by atoms with Crippen LogP contribution in [0, 0.1) is 50.7 Å². The van der Waals surface area contributed by atoms with Gasteiger partial charge >= 0.3 is 5.97 Å². The Kier molecular flexibility index (Phi) is 5.68. The number of carbonyl (C=O) groups is 1. The maximum atomic E-state index is 11.4. The minimum absolute atomic E-state index is 0.0730. The van der Waals surface area contributed by atoms with Crippen molar-refractivity contribution < 1.29 is 9.90 Å². The molecular weight excluding hydrogens is 454 g/mol. The number of carboxylic acids is 1. The van der Waals surface area contributed by atoms with Crippen molar-refractivity contribution >= 4 is 11.5 Å². The Morgan fingerprint density at radius 2 is 1.59 bits per heavy atom. The second kappa shape index (κ2) is 8.20. The lowest BCUT2D eigenvalue weighted by Gasteiger charge is -2.72. The molecule has 8 atom stereocenters. The van der Waals surface area contributed by atoms with Crippen molar-refractivity contribution in [1.29, 1.82) is 0 Å². The van der Waals surface area contributed by atoms with Crippen LogP contribution in [0.2, 0.25) is 0 Å². The molecule has 202 valence electrons. The molecule has 1 aromatic carbocycles. The first kappa shape index (κ1) is 25.7. The van der Waals surface area contributed by atoms with E-state index < -0.39 is 5.97 Å². The Labute approximate surface area is 224 Å². The van der Waals surface area contributed by atoms with Crippen molar-refractivity contribution in [1.82, 2.24) is 0 Å². The van der Waals surface area contributed by atoms with Gasteiger partial charge in [-0.05, 0) is 138 Å². The van der Waals surface area contributed by atoms with Gasteiger partial charge in [-0.1, -0.05) is 59.2 Å². The van der Waals surface area contributed by atoms with Gasteiger partial charge in [0.2, 0.25) is 0 Å². The van der Waals surface area contributed by atoms with Gasteiger partial charge in [0.15, 0.2) is 0 Å². The van der Waals surface area contributed by atoms with E-state index in [1.54, 1.807) is 12.1 Å². The number of benzene rings is 1. The molecule has 5 aliphatic carbocycles. The van der Waals surface area contributed by atoms with Crippen molar-refractivity contribution in [3.8, 4) is 0 Å². The molecule has 3 heteroatoms. The van der Waals surface area contributed by atoms with Gasteiger partial charge in [0.05, 0.1) is 5.56 Å². The molecule has 0 radical (unpaired) electrons. The molecule has 0 saturated heterocycles. The van der Waals surface area contributed by atoms with Gasteiger partial charge < -0.3 is 10.8 Å². The van der Waals surface area contributed by atoms with Gasteiger partial charge in [0, 0.05) is 0 Å². The van der Waals surface area contributed by atoms with Crippen LogP contribution in [0.15, 0.2) is 30.3 Å². The second-order valence-corrected chi connectivity index (χ2v) is 15.2. The first-order valence-electron chi connectivity index (χ1n) is 15.2. The van der Waals surface area contributed by atoms with Gasteiger partial charge in [-0.2, -0.15) is 0 Å². The molecule has 4 fully saturated rings. The summed E-state index contributed by atoms with van der Waals surface area (Å²) in [7, 11) is 0. The number of carboxylic acid groups (broad SMARTS) is 1. The van der Waals surface area contributed by atoms with E-state index in [1.807, 2.05) is 12.1 Å². The SMILES string of the molecule is CC1(C)C(c2ccc(C(=O)O)cc2)=CCC2(C)C1CCC1(C)C2CCC2C3CCCC3(CN)CC[C@]21C. The fraction of sp³-hybridized carbons (Fsp3) is 0.735. The third kappa shape index (κ3) is 3.25. The lowest BCUT2D eigenvalue weighted by Crippen LogP contribution is -2.65. The quantitative estimate of drug-likeness (QED) is 0.437. The second-order valence-electron chi connectivity index (χ2n) is 15.2. The fourth-order valence-electron chi connectivity index (χ4n) is 11.9. The van der Waals surface area contributed by atoms with Crippen molar-refractivity contribution in [2.75, 3.05) is 6.54 Å². The molecule has 7 unspecified atom stereocenters. The average molecular weight is 504 g/mol. The van der Waals surface area contributed by atoms with Crippen molar-refractivity contribution in [2.24, 2.45) is 56.5 Å². The van der Waals surface area contributed by atoms with Crippen molar-refractivity contribution in [2.45, 2.75) is 98.8 Å². The summed E-state index contributed by atoms with van der Waals surface area (Å²) in [4.78, 5) is 11.4. The van der Waals surface area contributed by atoms with E-state index in [-0.39, 0.29) is 5.41 Å². The molecule has 3 nitrogen and oxygen atoms in total. The average Bonchev–Trinajstić information content (AvgIpc) is 3.29. The summed E-state index contributed by atoms with van der Waals surface area (Å²) >= 11 is 0. The lowest BCUT2D eigenvalue weighted by molar-refractivity contribution is -0.221. The minimum atomic E-state index is -0.851. The van der Waals surface area contributed by atoms with Crippen molar-refractivity contribution in [3.05, 3.63) is 41.5 Å². The van der Waals surface area contributed by atoms with E-state index in [4.69, 9.17) is 5.73 Å². The standard InChI is InChI=1S/C34H49NO2/c1-30(2)24(22-8-10-23(11-9-22)29(36)37)14-17-31(3)27(30)15-18-33(5)28(31)13-12-25-26-7-6-16-34(26,21-35)20-19-32(25,33)4/h8-11,14,25-28H,6-7,12-13,15-21,35H2,1-5H3,(H,36,37)/t25?,26?,27?,28?,31?,32-,33?,34?/m1/s1. The molecule has 0 bridgehead atoms. The summed E-state index contributed by atoms with van der Waals surface area (Å²) in [5, 5.41) is 9.37. The number of nitrogens with two attached hydrogens (primary N) is 1. The molecule has 0 aliphatic heterocycles. The maximum Gasteiger partial charge on any atom is 0.335 e. The monoisotopic (exact) mass is 503 g/mol. The summed E-state index contributed by atoms with van der Waals surface area (Å²) in [5.41, 5.74) is 11.1. The predicted molar refractivity (Wildman–Crippen MR) is 151 cm³/mol. The number of aromatic carboxylic acids is 1. The molecule has 37 heavy (non-hydrogen) atoms. The van der Waals surface area contributed by atoms with Crippen LogP contribution < -0.4 is 5.73 Å². The van der Waals surface area contributed by atoms with E-state index in [0.29, 0.717) is 33.1 Å². The topological polar surface area (TPSA) is 63.3 Å². The van der Waals surface area contributed by atoms with Gasteiger partial charge in [-0.3, -0.25) is 0 Å². The minimum Gasteiger partial charge on any atom is -0.478 e. The summed E-state index contributed by atoms with van der Waals surface area (Å²) in [6.07, 6.45) is 16.0. The van der Waals surface area contributed by atoms with Gasteiger partial charge in [0.25, 0.3) is 0 Å². The van der Waals surface area contributed by atoms with Gasteiger partial charge in [-0.15, -0.1) is 0 Å². The number of fused-ring (bicyclic) bond motifs is 7. The third-order valence-electron chi connectivity index (χ3n) is 14.0. The van der Waals surface area contributed by atoms with E-state index in [2.05, 4.69) is 40.7 Å². The largest absolute Gasteiger partial charge is 0.478 e. The molecule has 0 spiro atoms. The third-order valence-corrected chi connectivity index (χ3v) is 14.0. The zero-order valence-electron chi connectivity index (χ0n) is 23.9. The summed E-state index contributed by atoms with van der Waals surface area (Å²) in [6, 6.07) is 7.62. The zero-order chi connectivity index (χ0) is 26.4. The molecule has 0 aromatic heterocycles. The summed E-state index contributed by atoms with van der Waals surface area (Å²) in [6.45, 7) is 13.9. The van der Waals surface area contributed by atoms with Crippen LogP contribution in [0.3, 0.4) is 0 Å². The zero-order valence-corrected chi connectivity index (χ0v) is 23.9. The predicted octanol–water partition coefficient (Wildman–Crippen LogP) is 8.19. The van der Waals surface area contributed by atoms with E-state index in [9.17, 15) is 9.90 Å². The highest BCUT2D eigenvalue weighted by molar-refractivity contribution is 5.88. The molecule has 3 N–H and O–H groups in total. The summed E-state index contributed by atoms with van der Waals surface area (Å²) in [5.74, 6) is 2.26. The first-order chi connectivity index (χ1) is 17.4. The smallest absolute Gasteiger partial charge is 0.335 e. The van der Waals surface area contributed by atoms with Crippen LogP contribution in [0.25, 0.3) is 5.57 Å². The Morgan fingerprint density at radius 3 is 2.27 bits per heavy atom. The van der Waals surface area contributed by atoms with Crippen LogP contribution in [-0.4, -0.2) is 17.6 Å². The van der Waals surface area contributed by atoms with E-state index in [0.717, 1.165) is 30.7 Å². The number of rotatable bonds is 3. The summed E-state index contributed by atoms with van der Waals surface area (Å²) < 4.78 is 0. The van der Waals surface area contributed by atoms with Gasteiger partial charge in [-0.25, -0.2) is 4.79 Å². The highest BCUT2D eigenvalue weighted by Gasteiger charge is 2.69. The Morgan fingerprint density at radius 1 is 0.865 bits per heavy atom. The highest BCUT2D eigenvalue weighted by atomic mass is 16.4. The number of hydrogen-bond acceptors (Lipinski definition) is 2. The van der Waals surface area contributed by atoms with Crippen LogP contribution in [0.5, 0.6) is 0 Å². The highest BCUT2D eigenvalue weighted by Crippen LogP contribution is 2.76. The van der Waals surface area contributed by atoms with Crippen molar-refractivity contribution in [3.63, 3.8) is 0 Å². The Bertz CT molecular complexity index is 1120. The van der Waals surface area contributed by atoms with E-state index in [1.165, 1.54) is 68.9 Å². The van der Waals surface area contributed by atoms with Crippen LogP contribution in [0.1, 0.15) is 115 Å². The van der Waals surface area contributed by atoms with Crippen LogP contribution in [0.4, 0.5) is 0 Å². The molecule has 4 saturated carbocycles. The maximum absolute atomic E-state index is 11.4.